The second-order valence-corrected chi connectivity index (χ2v) is 4.55. The Kier molecular flexibility index (Phi) is 11.3. The summed E-state index contributed by atoms with van der Waals surface area (Å²) in [5.74, 6) is 0. The molecule has 0 aliphatic carbocycles. The van der Waals surface area contributed by atoms with Gasteiger partial charge in [0.2, 0.25) is 0 Å². The molecule has 0 aromatic rings. The highest BCUT2D eigenvalue weighted by molar-refractivity contribution is 4.67. The molecule has 6 heteroatoms. The zero-order valence-electron chi connectivity index (χ0n) is 11.9. The Morgan fingerprint density at radius 3 is 2.42 bits per heavy atom. The predicted molar refractivity (Wildman–Crippen MR) is 69.3 cm³/mol. The molecule has 116 valence electrons. The van der Waals surface area contributed by atoms with Gasteiger partial charge in [0.1, 0.15) is 0 Å². The summed E-state index contributed by atoms with van der Waals surface area (Å²) >= 11 is 0. The topological polar surface area (TPSA) is 30.5 Å². The minimum absolute atomic E-state index is 0.102. The Morgan fingerprint density at radius 2 is 1.84 bits per heavy atom. The van der Waals surface area contributed by atoms with E-state index in [2.05, 4.69) is 5.32 Å². The highest BCUT2D eigenvalue weighted by atomic mass is 19.4. The summed E-state index contributed by atoms with van der Waals surface area (Å²) in [6, 6.07) is 0.102. The first-order valence-corrected chi connectivity index (χ1v) is 6.86. The minimum Gasteiger partial charge on any atom is -0.382 e. The van der Waals surface area contributed by atoms with Gasteiger partial charge < -0.3 is 14.8 Å². The van der Waals surface area contributed by atoms with Gasteiger partial charge in [-0.2, -0.15) is 13.2 Å². The van der Waals surface area contributed by atoms with E-state index in [0.29, 0.717) is 26.2 Å². The van der Waals surface area contributed by atoms with E-state index < -0.39 is 12.6 Å². The Labute approximate surface area is 113 Å². The standard InChI is InChI=1S/C13H26F3NO2/c1-3-8-17-12(5-4-7-13(14,15)16)6-9-19-11-10-18-2/h12,17H,3-11H2,1-2H3. The van der Waals surface area contributed by atoms with Crippen LogP contribution in [-0.2, 0) is 9.47 Å². The van der Waals surface area contributed by atoms with Crippen molar-refractivity contribution in [3.63, 3.8) is 0 Å². The zero-order chi connectivity index (χ0) is 14.6. The van der Waals surface area contributed by atoms with Gasteiger partial charge in [0.15, 0.2) is 0 Å². The smallest absolute Gasteiger partial charge is 0.382 e. The van der Waals surface area contributed by atoms with Crippen LogP contribution >= 0.6 is 0 Å². The second-order valence-electron chi connectivity index (χ2n) is 4.55. The predicted octanol–water partition coefficient (Wildman–Crippen LogP) is 3.14. The first-order valence-electron chi connectivity index (χ1n) is 6.86. The number of halogens is 3. The summed E-state index contributed by atoms with van der Waals surface area (Å²) in [6.45, 7) is 4.49. The maximum absolute atomic E-state index is 12.1. The van der Waals surface area contributed by atoms with E-state index in [0.717, 1.165) is 19.4 Å². The molecular formula is C13H26F3NO2. The first kappa shape index (κ1) is 18.7. The first-order chi connectivity index (χ1) is 8.99. The molecule has 0 saturated heterocycles. The van der Waals surface area contributed by atoms with Crippen molar-refractivity contribution >= 4 is 0 Å². The van der Waals surface area contributed by atoms with E-state index in [-0.39, 0.29) is 12.5 Å². The van der Waals surface area contributed by atoms with Gasteiger partial charge in [-0.1, -0.05) is 6.92 Å². The summed E-state index contributed by atoms with van der Waals surface area (Å²) in [7, 11) is 1.60. The lowest BCUT2D eigenvalue weighted by molar-refractivity contribution is -0.135. The summed E-state index contributed by atoms with van der Waals surface area (Å²) in [5.41, 5.74) is 0. The summed E-state index contributed by atoms with van der Waals surface area (Å²) < 4.78 is 46.5. The van der Waals surface area contributed by atoms with E-state index in [1.807, 2.05) is 6.92 Å². The van der Waals surface area contributed by atoms with Gasteiger partial charge in [-0.15, -0.1) is 0 Å². The number of hydrogen-bond donors (Lipinski definition) is 1. The molecule has 0 aromatic heterocycles. The van der Waals surface area contributed by atoms with Crippen LogP contribution in [0.2, 0.25) is 0 Å². The normalized spacial score (nSPS) is 13.7. The fourth-order valence-corrected chi connectivity index (χ4v) is 1.72. The van der Waals surface area contributed by atoms with Gasteiger partial charge in [0, 0.05) is 26.2 Å². The molecule has 0 saturated carbocycles. The Morgan fingerprint density at radius 1 is 1.11 bits per heavy atom. The average Bonchev–Trinajstić information content (AvgIpc) is 2.33. The van der Waals surface area contributed by atoms with Crippen molar-refractivity contribution in [1.82, 2.24) is 5.32 Å². The number of alkyl halides is 3. The SMILES string of the molecule is CCCNC(CCCC(F)(F)F)CCOCCOC. The van der Waals surface area contributed by atoms with Crippen LogP contribution in [0.5, 0.6) is 0 Å². The molecule has 19 heavy (non-hydrogen) atoms. The molecule has 1 atom stereocenters. The largest absolute Gasteiger partial charge is 0.389 e. The second kappa shape index (κ2) is 11.5. The minimum atomic E-state index is -4.05. The van der Waals surface area contributed by atoms with Gasteiger partial charge >= 0.3 is 6.18 Å². The molecule has 0 aromatic carbocycles. The van der Waals surface area contributed by atoms with Gasteiger partial charge in [-0.05, 0) is 32.2 Å². The lowest BCUT2D eigenvalue weighted by Gasteiger charge is -2.19. The van der Waals surface area contributed by atoms with Crippen LogP contribution in [0.25, 0.3) is 0 Å². The molecular weight excluding hydrogens is 259 g/mol. The third kappa shape index (κ3) is 13.9. The molecule has 0 aliphatic rings. The van der Waals surface area contributed by atoms with Crippen molar-refractivity contribution in [2.24, 2.45) is 0 Å². The molecule has 0 amide bonds. The maximum Gasteiger partial charge on any atom is 0.389 e. The van der Waals surface area contributed by atoms with Gasteiger partial charge in [-0.25, -0.2) is 0 Å². The molecule has 3 nitrogen and oxygen atoms in total. The van der Waals surface area contributed by atoms with Crippen molar-refractivity contribution < 1.29 is 22.6 Å². The Balaban J connectivity index is 3.75. The number of nitrogens with one attached hydrogen (secondary N) is 1. The third-order valence-electron chi connectivity index (χ3n) is 2.74. The fraction of sp³-hybridized carbons (Fsp3) is 1.00. The fourth-order valence-electron chi connectivity index (χ4n) is 1.72. The van der Waals surface area contributed by atoms with Crippen LogP contribution in [0.15, 0.2) is 0 Å². The Bertz CT molecular complexity index is 201. The lowest BCUT2D eigenvalue weighted by Crippen LogP contribution is -2.31. The molecule has 1 unspecified atom stereocenters. The van der Waals surface area contributed by atoms with E-state index in [9.17, 15) is 13.2 Å². The van der Waals surface area contributed by atoms with Crippen molar-refractivity contribution in [3.8, 4) is 0 Å². The molecule has 1 N–H and O–H groups in total. The van der Waals surface area contributed by atoms with Gasteiger partial charge in [0.05, 0.1) is 13.2 Å². The van der Waals surface area contributed by atoms with Crippen molar-refractivity contribution in [3.05, 3.63) is 0 Å². The molecule has 0 radical (unpaired) electrons. The number of hydrogen-bond acceptors (Lipinski definition) is 3. The van der Waals surface area contributed by atoms with E-state index in [1.54, 1.807) is 7.11 Å². The molecule has 0 heterocycles. The van der Waals surface area contributed by atoms with Crippen LogP contribution in [-0.4, -0.2) is 45.7 Å². The summed E-state index contributed by atoms with van der Waals surface area (Å²) in [4.78, 5) is 0. The van der Waals surface area contributed by atoms with Crippen molar-refractivity contribution in [2.45, 2.75) is 51.2 Å². The van der Waals surface area contributed by atoms with E-state index >= 15 is 0 Å². The highest BCUT2D eigenvalue weighted by Gasteiger charge is 2.26. The zero-order valence-corrected chi connectivity index (χ0v) is 11.9. The highest BCUT2D eigenvalue weighted by Crippen LogP contribution is 2.23. The third-order valence-corrected chi connectivity index (χ3v) is 2.74. The van der Waals surface area contributed by atoms with Crippen LogP contribution in [0, 0.1) is 0 Å². The molecule has 0 aliphatic heterocycles. The molecule has 0 rings (SSSR count). The van der Waals surface area contributed by atoms with Gasteiger partial charge in [-0.3, -0.25) is 0 Å². The number of methoxy groups -OCH3 is 1. The monoisotopic (exact) mass is 285 g/mol. The number of ether oxygens (including phenoxy) is 2. The number of rotatable bonds is 12. The maximum atomic E-state index is 12.1. The lowest BCUT2D eigenvalue weighted by atomic mass is 10.1. The van der Waals surface area contributed by atoms with Crippen molar-refractivity contribution in [2.75, 3.05) is 33.5 Å². The van der Waals surface area contributed by atoms with Gasteiger partial charge in [0.25, 0.3) is 0 Å². The van der Waals surface area contributed by atoms with E-state index in [4.69, 9.17) is 9.47 Å². The van der Waals surface area contributed by atoms with Crippen LogP contribution in [0.1, 0.15) is 39.0 Å². The molecule has 0 fully saturated rings. The average molecular weight is 285 g/mol. The van der Waals surface area contributed by atoms with Crippen LogP contribution < -0.4 is 5.32 Å². The van der Waals surface area contributed by atoms with Crippen molar-refractivity contribution in [1.29, 1.82) is 0 Å². The summed E-state index contributed by atoms with van der Waals surface area (Å²) in [5, 5.41) is 3.27. The van der Waals surface area contributed by atoms with E-state index in [1.165, 1.54) is 0 Å². The molecule has 0 bridgehead atoms. The van der Waals surface area contributed by atoms with Crippen LogP contribution in [0.4, 0.5) is 13.2 Å². The summed E-state index contributed by atoms with van der Waals surface area (Å²) in [6.07, 6.45) is -2.34. The van der Waals surface area contributed by atoms with Crippen LogP contribution in [0.3, 0.4) is 0 Å². The molecule has 0 spiro atoms. The Hall–Kier alpha value is -0.330. The quantitative estimate of drug-likeness (QED) is 0.559.